The number of anilines is 2. The minimum Gasteiger partial charge on any atom is -0.478 e. The van der Waals surface area contributed by atoms with Gasteiger partial charge in [-0.1, -0.05) is 0 Å². The quantitative estimate of drug-likeness (QED) is 0.696. The third kappa shape index (κ3) is 2.55. The summed E-state index contributed by atoms with van der Waals surface area (Å²) in [6.45, 7) is 0.0512. The van der Waals surface area contributed by atoms with Crippen molar-refractivity contribution < 1.29 is 19.5 Å². The van der Waals surface area contributed by atoms with Crippen LogP contribution in [0.4, 0.5) is 11.4 Å². The molecular weight excluding hydrogens is 250 g/mol. The van der Waals surface area contributed by atoms with Gasteiger partial charge in [0.1, 0.15) is 0 Å². The molecule has 0 bridgehead atoms. The molecule has 2 rings (SSSR count). The second-order valence-corrected chi connectivity index (χ2v) is 4.08. The summed E-state index contributed by atoms with van der Waals surface area (Å²) in [5, 5.41) is 11.5. The van der Waals surface area contributed by atoms with Crippen LogP contribution in [0.15, 0.2) is 18.2 Å². The number of aromatic carboxylic acids is 1. The molecule has 4 N–H and O–H groups in total. The van der Waals surface area contributed by atoms with Gasteiger partial charge in [-0.3, -0.25) is 9.59 Å². The summed E-state index contributed by atoms with van der Waals surface area (Å²) in [5.74, 6) is -1.69. The second kappa shape index (κ2) is 5.07. The van der Waals surface area contributed by atoms with E-state index in [-0.39, 0.29) is 36.9 Å². The second-order valence-electron chi connectivity index (χ2n) is 4.08. The zero-order valence-corrected chi connectivity index (χ0v) is 10.0. The lowest BCUT2D eigenvalue weighted by Crippen LogP contribution is -2.36. The summed E-state index contributed by atoms with van der Waals surface area (Å²) in [4.78, 5) is 35.6. The van der Waals surface area contributed by atoms with Gasteiger partial charge < -0.3 is 21.1 Å². The van der Waals surface area contributed by atoms with Crippen molar-refractivity contribution in [2.24, 2.45) is 5.73 Å². The largest absolute Gasteiger partial charge is 0.478 e. The van der Waals surface area contributed by atoms with Gasteiger partial charge in [0.25, 0.3) is 0 Å². The summed E-state index contributed by atoms with van der Waals surface area (Å²) in [6.07, 6.45) is 0.142. The number of nitrogens with one attached hydrogen (secondary N) is 1. The predicted molar refractivity (Wildman–Crippen MR) is 68.1 cm³/mol. The van der Waals surface area contributed by atoms with Crippen molar-refractivity contribution >= 4 is 29.2 Å². The molecule has 0 saturated carbocycles. The summed E-state index contributed by atoms with van der Waals surface area (Å²) < 4.78 is 0. The van der Waals surface area contributed by atoms with Crippen LogP contribution in [0.1, 0.15) is 16.8 Å². The standard InChI is InChI=1S/C12H13N3O4/c13-6-11(17)15-4-3-10(16)14-8-5-7(12(18)19)1-2-9(8)15/h1-2,5H,3-4,6,13H2,(H,14,16)(H,18,19). The van der Waals surface area contributed by atoms with Gasteiger partial charge in [0.15, 0.2) is 0 Å². The van der Waals surface area contributed by atoms with Crippen LogP contribution in [0, 0.1) is 0 Å². The number of amides is 2. The molecule has 7 heteroatoms. The Balaban J connectivity index is 2.49. The maximum Gasteiger partial charge on any atom is 0.335 e. The van der Waals surface area contributed by atoms with Crippen molar-refractivity contribution in [2.75, 3.05) is 23.3 Å². The third-order valence-electron chi connectivity index (χ3n) is 2.85. The molecule has 0 atom stereocenters. The van der Waals surface area contributed by atoms with Gasteiger partial charge in [0, 0.05) is 13.0 Å². The highest BCUT2D eigenvalue weighted by Gasteiger charge is 2.24. The molecule has 0 spiro atoms. The number of hydrogen-bond acceptors (Lipinski definition) is 4. The molecule has 0 unspecified atom stereocenters. The van der Waals surface area contributed by atoms with Gasteiger partial charge in [0.2, 0.25) is 11.8 Å². The average Bonchev–Trinajstić information content (AvgIpc) is 2.55. The van der Waals surface area contributed by atoms with Crippen LogP contribution < -0.4 is 16.0 Å². The van der Waals surface area contributed by atoms with E-state index in [0.717, 1.165) is 0 Å². The van der Waals surface area contributed by atoms with Gasteiger partial charge in [-0.2, -0.15) is 0 Å². The Labute approximate surface area is 109 Å². The number of hydrogen-bond donors (Lipinski definition) is 3. The molecule has 1 aliphatic rings. The lowest BCUT2D eigenvalue weighted by molar-refractivity contribution is -0.117. The van der Waals surface area contributed by atoms with Crippen molar-refractivity contribution in [1.82, 2.24) is 0 Å². The van der Waals surface area contributed by atoms with Crippen LogP contribution in [-0.2, 0) is 9.59 Å². The molecule has 2 amide bonds. The van der Waals surface area contributed by atoms with E-state index in [9.17, 15) is 14.4 Å². The molecule has 1 aromatic rings. The van der Waals surface area contributed by atoms with E-state index in [0.29, 0.717) is 11.4 Å². The summed E-state index contributed by atoms with van der Waals surface area (Å²) >= 11 is 0. The lowest BCUT2D eigenvalue weighted by atomic mass is 10.1. The lowest BCUT2D eigenvalue weighted by Gasteiger charge is -2.21. The van der Waals surface area contributed by atoms with Crippen LogP contribution in [0.2, 0.25) is 0 Å². The fraction of sp³-hybridized carbons (Fsp3) is 0.250. The van der Waals surface area contributed by atoms with E-state index in [4.69, 9.17) is 10.8 Å². The van der Waals surface area contributed by atoms with Crippen molar-refractivity contribution in [3.63, 3.8) is 0 Å². The Morgan fingerprint density at radius 3 is 2.79 bits per heavy atom. The number of fused-ring (bicyclic) bond motifs is 1. The number of rotatable bonds is 2. The minimum absolute atomic E-state index is 0.0427. The first-order valence-corrected chi connectivity index (χ1v) is 5.70. The molecule has 7 nitrogen and oxygen atoms in total. The number of carboxylic acids is 1. The van der Waals surface area contributed by atoms with Crippen molar-refractivity contribution in [1.29, 1.82) is 0 Å². The summed E-state index contributed by atoms with van der Waals surface area (Å²) in [6, 6.07) is 4.21. The molecule has 1 aliphatic heterocycles. The van der Waals surface area contributed by atoms with Gasteiger partial charge in [-0.15, -0.1) is 0 Å². The Morgan fingerprint density at radius 1 is 1.42 bits per heavy atom. The van der Waals surface area contributed by atoms with Gasteiger partial charge >= 0.3 is 5.97 Å². The topological polar surface area (TPSA) is 113 Å². The normalized spacial score (nSPS) is 14.4. The molecule has 1 heterocycles. The first-order chi connectivity index (χ1) is 9.02. The Hall–Kier alpha value is -2.41. The van der Waals surface area contributed by atoms with E-state index < -0.39 is 5.97 Å². The molecule has 0 saturated heterocycles. The molecule has 1 aromatic carbocycles. The fourth-order valence-corrected chi connectivity index (χ4v) is 1.92. The Bertz CT molecular complexity index is 556. The van der Waals surface area contributed by atoms with Crippen molar-refractivity contribution in [2.45, 2.75) is 6.42 Å². The summed E-state index contributed by atoms with van der Waals surface area (Å²) in [7, 11) is 0. The van der Waals surface area contributed by atoms with Crippen LogP contribution in [0.25, 0.3) is 0 Å². The molecule has 19 heavy (non-hydrogen) atoms. The van der Waals surface area contributed by atoms with Crippen LogP contribution in [0.5, 0.6) is 0 Å². The number of carbonyl (C=O) groups is 3. The number of carbonyl (C=O) groups excluding carboxylic acids is 2. The highest BCUT2D eigenvalue weighted by molar-refractivity contribution is 6.05. The maximum absolute atomic E-state index is 11.8. The molecule has 0 fully saturated rings. The number of carboxylic acid groups (broad SMARTS) is 1. The average molecular weight is 263 g/mol. The zero-order valence-electron chi connectivity index (χ0n) is 10.0. The van der Waals surface area contributed by atoms with Crippen LogP contribution in [-0.4, -0.2) is 36.0 Å². The minimum atomic E-state index is -1.10. The molecule has 0 radical (unpaired) electrons. The first kappa shape index (κ1) is 13.0. The first-order valence-electron chi connectivity index (χ1n) is 5.70. The molecule has 0 aromatic heterocycles. The van der Waals surface area contributed by atoms with E-state index in [1.165, 1.54) is 23.1 Å². The van der Waals surface area contributed by atoms with E-state index in [1.54, 1.807) is 0 Å². The van der Waals surface area contributed by atoms with Crippen molar-refractivity contribution in [3.05, 3.63) is 23.8 Å². The SMILES string of the molecule is NCC(=O)N1CCC(=O)Nc2cc(C(=O)O)ccc21. The van der Waals surface area contributed by atoms with E-state index in [2.05, 4.69) is 5.32 Å². The highest BCUT2D eigenvalue weighted by Crippen LogP contribution is 2.30. The fourth-order valence-electron chi connectivity index (χ4n) is 1.92. The molecule has 0 aliphatic carbocycles. The molecular formula is C12H13N3O4. The maximum atomic E-state index is 11.8. The highest BCUT2D eigenvalue weighted by atomic mass is 16.4. The van der Waals surface area contributed by atoms with Crippen molar-refractivity contribution in [3.8, 4) is 0 Å². The van der Waals surface area contributed by atoms with Crippen LogP contribution >= 0.6 is 0 Å². The smallest absolute Gasteiger partial charge is 0.335 e. The molecule has 100 valence electrons. The zero-order chi connectivity index (χ0) is 14.0. The van der Waals surface area contributed by atoms with Gasteiger partial charge in [-0.05, 0) is 18.2 Å². The summed E-state index contributed by atoms with van der Waals surface area (Å²) in [5.41, 5.74) is 6.15. The van der Waals surface area contributed by atoms with E-state index >= 15 is 0 Å². The Morgan fingerprint density at radius 2 is 2.16 bits per heavy atom. The van der Waals surface area contributed by atoms with E-state index in [1.807, 2.05) is 0 Å². The monoisotopic (exact) mass is 263 g/mol. The number of nitrogens with zero attached hydrogens (tertiary/aromatic N) is 1. The van der Waals surface area contributed by atoms with Gasteiger partial charge in [-0.25, -0.2) is 4.79 Å². The predicted octanol–water partition coefficient (Wildman–Crippen LogP) is 0.0187. The number of nitrogens with two attached hydrogens (primary N) is 1. The Kier molecular flexibility index (Phi) is 3.48. The van der Waals surface area contributed by atoms with Gasteiger partial charge in [0.05, 0.1) is 23.5 Å². The van der Waals surface area contributed by atoms with Crippen LogP contribution in [0.3, 0.4) is 0 Å². The third-order valence-corrected chi connectivity index (χ3v) is 2.85. The number of benzene rings is 1.